The monoisotopic (exact) mass is 347 g/mol. The number of carbonyl (C=O) groups is 1. The van der Waals surface area contributed by atoms with E-state index in [1.165, 1.54) is 5.56 Å². The van der Waals surface area contributed by atoms with Crippen molar-refractivity contribution in [1.82, 2.24) is 15.5 Å². The number of aliphatic hydroxyl groups is 1. The summed E-state index contributed by atoms with van der Waals surface area (Å²) in [7, 11) is 0. The second kappa shape index (κ2) is 10.4. The summed E-state index contributed by atoms with van der Waals surface area (Å²) in [5.74, 6) is 0.409. The topological polar surface area (TPSA) is 64.6 Å². The predicted octanol–water partition coefficient (Wildman–Crippen LogP) is 2.92. The first-order valence-corrected chi connectivity index (χ1v) is 9.62. The SMILES string of the molecule is CCN(CC)C(CNC(=O)NC1CCC(CO)CC1)c1ccccc1. The van der Waals surface area contributed by atoms with Crippen molar-refractivity contribution in [2.24, 2.45) is 5.92 Å². The molecule has 0 bridgehead atoms. The Morgan fingerprint density at radius 1 is 1.16 bits per heavy atom. The number of nitrogens with one attached hydrogen (secondary N) is 2. The van der Waals surface area contributed by atoms with Gasteiger partial charge in [-0.1, -0.05) is 44.2 Å². The van der Waals surface area contributed by atoms with Crippen LogP contribution in [0, 0.1) is 5.92 Å². The number of hydrogen-bond acceptors (Lipinski definition) is 3. The van der Waals surface area contributed by atoms with Crippen LogP contribution in [0.2, 0.25) is 0 Å². The van der Waals surface area contributed by atoms with Crippen LogP contribution >= 0.6 is 0 Å². The number of hydrogen-bond donors (Lipinski definition) is 3. The number of amides is 2. The second-order valence-corrected chi connectivity index (χ2v) is 6.90. The molecule has 0 aromatic heterocycles. The van der Waals surface area contributed by atoms with E-state index in [9.17, 15) is 9.90 Å². The number of urea groups is 1. The summed E-state index contributed by atoms with van der Waals surface area (Å²) in [6.07, 6.45) is 3.90. The number of rotatable bonds is 8. The van der Waals surface area contributed by atoms with Crippen LogP contribution < -0.4 is 10.6 Å². The van der Waals surface area contributed by atoms with Gasteiger partial charge in [0.25, 0.3) is 0 Å². The van der Waals surface area contributed by atoms with Crippen LogP contribution in [-0.4, -0.2) is 48.3 Å². The molecule has 140 valence electrons. The lowest BCUT2D eigenvalue weighted by Crippen LogP contribution is -2.46. The van der Waals surface area contributed by atoms with Gasteiger partial charge in [0.1, 0.15) is 0 Å². The van der Waals surface area contributed by atoms with Gasteiger partial charge in [-0.3, -0.25) is 4.90 Å². The van der Waals surface area contributed by atoms with Gasteiger partial charge in [0.15, 0.2) is 0 Å². The van der Waals surface area contributed by atoms with Crippen molar-refractivity contribution in [2.45, 2.75) is 51.6 Å². The zero-order chi connectivity index (χ0) is 18.1. The Kier molecular flexibility index (Phi) is 8.22. The van der Waals surface area contributed by atoms with Crippen molar-refractivity contribution in [2.75, 3.05) is 26.2 Å². The fourth-order valence-electron chi connectivity index (χ4n) is 3.71. The van der Waals surface area contributed by atoms with Crippen LogP contribution in [0.25, 0.3) is 0 Å². The minimum absolute atomic E-state index is 0.0828. The molecule has 5 nitrogen and oxygen atoms in total. The average Bonchev–Trinajstić information content (AvgIpc) is 2.66. The number of nitrogens with zero attached hydrogens (tertiary/aromatic N) is 1. The van der Waals surface area contributed by atoms with E-state index in [4.69, 9.17) is 0 Å². The van der Waals surface area contributed by atoms with Gasteiger partial charge in [0.05, 0.1) is 6.04 Å². The number of carbonyl (C=O) groups excluding carboxylic acids is 1. The van der Waals surface area contributed by atoms with E-state index >= 15 is 0 Å². The molecule has 3 N–H and O–H groups in total. The maximum Gasteiger partial charge on any atom is 0.315 e. The molecule has 2 rings (SSSR count). The minimum atomic E-state index is -0.0828. The van der Waals surface area contributed by atoms with Crippen LogP contribution in [0.4, 0.5) is 4.79 Å². The Morgan fingerprint density at radius 3 is 2.36 bits per heavy atom. The first kappa shape index (κ1) is 19.7. The normalized spacial score (nSPS) is 21.8. The van der Waals surface area contributed by atoms with Crippen molar-refractivity contribution < 1.29 is 9.90 Å². The molecule has 0 spiro atoms. The van der Waals surface area contributed by atoms with E-state index in [1.807, 2.05) is 18.2 Å². The van der Waals surface area contributed by atoms with Crippen molar-refractivity contribution >= 4 is 6.03 Å². The van der Waals surface area contributed by atoms with Crippen molar-refractivity contribution in [3.05, 3.63) is 35.9 Å². The lowest BCUT2D eigenvalue weighted by atomic mass is 9.87. The van der Waals surface area contributed by atoms with E-state index in [-0.39, 0.29) is 24.7 Å². The summed E-state index contributed by atoms with van der Waals surface area (Å²) in [5, 5.41) is 15.4. The zero-order valence-corrected chi connectivity index (χ0v) is 15.6. The first-order chi connectivity index (χ1) is 12.2. The summed E-state index contributed by atoms with van der Waals surface area (Å²) in [6.45, 7) is 7.07. The molecular weight excluding hydrogens is 314 g/mol. The molecule has 2 amide bonds. The Morgan fingerprint density at radius 2 is 1.80 bits per heavy atom. The van der Waals surface area contributed by atoms with Crippen LogP contribution in [-0.2, 0) is 0 Å². The molecule has 0 heterocycles. The molecule has 1 aliphatic rings. The highest BCUT2D eigenvalue weighted by Crippen LogP contribution is 2.23. The molecular formula is C20H33N3O2. The molecule has 0 aliphatic heterocycles. The minimum Gasteiger partial charge on any atom is -0.396 e. The third-order valence-corrected chi connectivity index (χ3v) is 5.33. The maximum absolute atomic E-state index is 12.3. The van der Waals surface area contributed by atoms with Crippen molar-refractivity contribution in [3.63, 3.8) is 0 Å². The quantitative estimate of drug-likeness (QED) is 0.677. The van der Waals surface area contributed by atoms with Crippen LogP contribution in [0.3, 0.4) is 0 Å². The third kappa shape index (κ3) is 6.01. The van der Waals surface area contributed by atoms with Gasteiger partial charge in [-0.25, -0.2) is 4.79 Å². The Balaban J connectivity index is 1.86. The van der Waals surface area contributed by atoms with E-state index in [0.29, 0.717) is 12.5 Å². The highest BCUT2D eigenvalue weighted by Gasteiger charge is 2.23. The molecule has 1 fully saturated rings. The van der Waals surface area contributed by atoms with Gasteiger partial charge in [-0.15, -0.1) is 0 Å². The maximum atomic E-state index is 12.3. The molecule has 1 saturated carbocycles. The van der Waals surface area contributed by atoms with Gasteiger partial charge >= 0.3 is 6.03 Å². The second-order valence-electron chi connectivity index (χ2n) is 6.90. The van der Waals surface area contributed by atoms with Gasteiger partial charge in [0, 0.05) is 19.2 Å². The van der Waals surface area contributed by atoms with Crippen LogP contribution in [0.1, 0.15) is 51.1 Å². The fourth-order valence-corrected chi connectivity index (χ4v) is 3.71. The summed E-state index contributed by atoms with van der Waals surface area (Å²) in [4.78, 5) is 14.7. The molecule has 0 saturated heterocycles. The summed E-state index contributed by atoms with van der Waals surface area (Å²) >= 11 is 0. The molecule has 5 heteroatoms. The number of benzene rings is 1. The molecule has 1 atom stereocenters. The van der Waals surface area contributed by atoms with Gasteiger partial charge < -0.3 is 15.7 Å². The smallest absolute Gasteiger partial charge is 0.315 e. The molecule has 25 heavy (non-hydrogen) atoms. The number of aliphatic hydroxyl groups excluding tert-OH is 1. The number of likely N-dealkylation sites (N-methyl/N-ethyl adjacent to an activating group) is 1. The van der Waals surface area contributed by atoms with E-state index in [1.54, 1.807) is 0 Å². The lowest BCUT2D eigenvalue weighted by molar-refractivity contribution is 0.173. The van der Waals surface area contributed by atoms with E-state index < -0.39 is 0 Å². The predicted molar refractivity (Wildman–Crippen MR) is 101 cm³/mol. The average molecular weight is 348 g/mol. The van der Waals surface area contributed by atoms with Gasteiger partial charge in [0.2, 0.25) is 0 Å². The van der Waals surface area contributed by atoms with Crippen LogP contribution in [0.5, 0.6) is 0 Å². The molecule has 1 aromatic rings. The van der Waals surface area contributed by atoms with Crippen molar-refractivity contribution in [3.8, 4) is 0 Å². The summed E-state index contributed by atoms with van der Waals surface area (Å²) in [6, 6.07) is 10.7. The first-order valence-electron chi connectivity index (χ1n) is 9.62. The molecule has 1 aromatic carbocycles. The molecule has 1 unspecified atom stereocenters. The Bertz CT molecular complexity index is 497. The third-order valence-electron chi connectivity index (χ3n) is 5.33. The van der Waals surface area contributed by atoms with Crippen molar-refractivity contribution in [1.29, 1.82) is 0 Å². The summed E-state index contributed by atoms with van der Waals surface area (Å²) < 4.78 is 0. The largest absolute Gasteiger partial charge is 0.396 e. The Labute approximate surface area is 151 Å². The Hall–Kier alpha value is -1.59. The highest BCUT2D eigenvalue weighted by molar-refractivity contribution is 5.74. The molecule has 0 radical (unpaired) electrons. The standard InChI is InChI=1S/C20H33N3O2/c1-3-23(4-2)19(17-8-6-5-7-9-17)14-21-20(25)22-18-12-10-16(15-24)11-13-18/h5-9,16,18-19,24H,3-4,10-15H2,1-2H3,(H2,21,22,25). The van der Waals surface area contributed by atoms with Gasteiger partial charge in [-0.2, -0.15) is 0 Å². The fraction of sp³-hybridized carbons (Fsp3) is 0.650. The zero-order valence-electron chi connectivity index (χ0n) is 15.6. The molecule has 1 aliphatic carbocycles. The highest BCUT2D eigenvalue weighted by atomic mass is 16.3. The van der Waals surface area contributed by atoms with E-state index in [0.717, 1.165) is 38.8 Å². The van der Waals surface area contributed by atoms with Gasteiger partial charge in [-0.05, 0) is 50.3 Å². The van der Waals surface area contributed by atoms with Crippen LogP contribution in [0.15, 0.2) is 30.3 Å². The summed E-state index contributed by atoms with van der Waals surface area (Å²) in [5.41, 5.74) is 1.23. The van der Waals surface area contributed by atoms with E-state index in [2.05, 4.69) is 41.5 Å². The lowest BCUT2D eigenvalue weighted by Gasteiger charge is -2.31.